The van der Waals surface area contributed by atoms with E-state index >= 15 is 0 Å². The van der Waals surface area contributed by atoms with E-state index in [1.807, 2.05) is 0 Å². The summed E-state index contributed by atoms with van der Waals surface area (Å²) < 4.78 is -15.1. The zero-order valence-electron chi connectivity index (χ0n) is 14.5. The fourth-order valence-corrected chi connectivity index (χ4v) is 9.39. The molecule has 0 spiro atoms. The van der Waals surface area contributed by atoms with Crippen LogP contribution < -0.4 is 11.5 Å². The van der Waals surface area contributed by atoms with Crippen molar-refractivity contribution in [3.63, 3.8) is 0 Å². The van der Waals surface area contributed by atoms with Gasteiger partial charge >= 0.3 is 0 Å². The summed E-state index contributed by atoms with van der Waals surface area (Å²) in [5, 5.41) is 0. The van der Waals surface area contributed by atoms with E-state index in [0.29, 0.717) is 0 Å². The Balaban J connectivity index is 2.82. The van der Waals surface area contributed by atoms with Crippen LogP contribution in [0.25, 0.3) is 0 Å². The Bertz CT molecular complexity index is 772. The molecule has 19 heteroatoms. The summed E-state index contributed by atoms with van der Waals surface area (Å²) >= 11 is 101. The van der Waals surface area contributed by atoms with Crippen LogP contribution in [-0.4, -0.2) is 51.5 Å². The SMILES string of the molecule is NC1(Cl)C(Cl)(Cl)C(Cl)(Cl)CC(Cl)(C(=O)C2(Cl)CC(Cl)(Cl)C(Cl)(Cl)C(N)(Cl)C2(Cl)Cl)C1(Cl)Cl. The minimum absolute atomic E-state index is 0.891. The molecule has 188 valence electrons. The highest BCUT2D eigenvalue weighted by atomic mass is 35.6. The van der Waals surface area contributed by atoms with Crippen molar-refractivity contribution in [3.05, 3.63) is 0 Å². The Morgan fingerprint density at radius 1 is 0.469 bits per heavy atom. The van der Waals surface area contributed by atoms with Gasteiger partial charge in [0.25, 0.3) is 0 Å². The molecule has 0 aromatic carbocycles. The van der Waals surface area contributed by atoms with E-state index in [0.717, 1.165) is 0 Å². The largest absolute Gasteiger partial charge is 0.308 e. The molecule has 0 amide bonds. The van der Waals surface area contributed by atoms with Crippen LogP contribution in [-0.2, 0) is 4.79 Å². The van der Waals surface area contributed by atoms with Gasteiger partial charge in [-0.3, -0.25) is 4.79 Å². The second kappa shape index (κ2) is 8.61. The molecule has 0 heterocycles. The van der Waals surface area contributed by atoms with Crippen LogP contribution in [0, 0.1) is 0 Å². The third kappa shape index (κ3) is 3.76. The van der Waals surface area contributed by atoms with Gasteiger partial charge in [0.2, 0.25) is 0 Å². The van der Waals surface area contributed by atoms with Gasteiger partial charge in [-0.05, 0) is 0 Å². The molecule has 4 unspecified atom stereocenters. The first kappa shape index (κ1) is 32.4. The number of ketones is 1. The van der Waals surface area contributed by atoms with E-state index < -0.39 is 64.4 Å². The van der Waals surface area contributed by atoms with Crippen molar-refractivity contribution >= 4 is 191 Å². The molecule has 4 N–H and O–H groups in total. The van der Waals surface area contributed by atoms with Crippen LogP contribution in [0.5, 0.6) is 0 Å². The third-order valence-electron chi connectivity index (χ3n) is 5.39. The molecular formula is C13H8Cl16N2O. The average Bonchev–Trinajstić information content (AvgIpc) is 2.56. The smallest absolute Gasteiger partial charge is 0.185 e. The minimum atomic E-state index is -2.75. The normalized spacial score (nSPS) is 45.8. The van der Waals surface area contributed by atoms with Crippen LogP contribution in [0.1, 0.15) is 12.8 Å². The molecule has 3 nitrogen and oxygen atoms in total. The number of halogens is 16. The first-order valence-corrected chi connectivity index (χ1v) is 13.8. The second-order valence-corrected chi connectivity index (χ2v) is 18.2. The lowest BCUT2D eigenvalue weighted by Crippen LogP contribution is -2.83. The first-order valence-electron chi connectivity index (χ1n) is 7.72. The van der Waals surface area contributed by atoms with Gasteiger partial charge in [-0.1, -0.05) is 162 Å². The topological polar surface area (TPSA) is 69.1 Å². The predicted octanol–water partition coefficient (Wildman–Crippen LogP) is 8.15. The first-order chi connectivity index (χ1) is 13.6. The number of nitrogens with two attached hydrogens (primary N) is 2. The molecule has 0 radical (unpaired) electrons. The minimum Gasteiger partial charge on any atom is -0.308 e. The number of rotatable bonds is 2. The highest BCUT2D eigenvalue weighted by Crippen LogP contribution is 2.73. The predicted molar refractivity (Wildman–Crippen MR) is 144 cm³/mol. The van der Waals surface area contributed by atoms with E-state index in [9.17, 15) is 4.79 Å². The Morgan fingerprint density at radius 2 is 0.688 bits per heavy atom. The van der Waals surface area contributed by atoms with Crippen LogP contribution in [0.3, 0.4) is 0 Å². The fraction of sp³-hybridized carbons (Fsp3) is 0.923. The molecule has 32 heavy (non-hydrogen) atoms. The highest BCUT2D eigenvalue weighted by molar-refractivity contribution is 6.74. The van der Waals surface area contributed by atoms with Crippen LogP contribution in [0.4, 0.5) is 0 Å². The van der Waals surface area contributed by atoms with Gasteiger partial charge in [0.1, 0.15) is 9.75 Å². The summed E-state index contributed by atoms with van der Waals surface area (Å²) in [6.45, 7) is 0. The van der Waals surface area contributed by atoms with Gasteiger partial charge in [-0.2, -0.15) is 0 Å². The highest BCUT2D eigenvalue weighted by Gasteiger charge is 2.86. The Labute approximate surface area is 263 Å². The van der Waals surface area contributed by atoms with Gasteiger partial charge in [0.05, 0.1) is 0 Å². The van der Waals surface area contributed by atoms with E-state index in [1.165, 1.54) is 0 Å². The van der Waals surface area contributed by atoms with Crippen molar-refractivity contribution < 1.29 is 4.79 Å². The number of Topliss-reactive ketones (excluding diaryl/α,β-unsaturated/α-hetero) is 1. The Morgan fingerprint density at radius 3 is 0.906 bits per heavy atom. The van der Waals surface area contributed by atoms with Gasteiger partial charge in [0.15, 0.2) is 41.8 Å². The van der Waals surface area contributed by atoms with Gasteiger partial charge in [-0.25, -0.2) is 0 Å². The van der Waals surface area contributed by atoms with Crippen LogP contribution in [0.15, 0.2) is 0 Å². The van der Waals surface area contributed by atoms with Crippen molar-refractivity contribution in [1.82, 2.24) is 0 Å². The molecule has 2 rings (SSSR count). The van der Waals surface area contributed by atoms with Gasteiger partial charge in [-0.15, -0.1) is 23.2 Å². The zero-order valence-corrected chi connectivity index (χ0v) is 26.6. The molecule has 0 saturated heterocycles. The van der Waals surface area contributed by atoms with Crippen LogP contribution >= 0.6 is 186 Å². The molecule has 0 bridgehead atoms. The lowest BCUT2D eigenvalue weighted by molar-refractivity contribution is -0.127. The van der Waals surface area contributed by atoms with Crippen molar-refractivity contribution in [3.8, 4) is 0 Å². The molecule has 0 aliphatic heterocycles. The molecular weight excluding hydrogens is 767 g/mol. The number of alkyl halides is 16. The van der Waals surface area contributed by atoms with E-state index in [2.05, 4.69) is 0 Å². The second-order valence-electron chi connectivity index (χ2n) is 7.42. The molecule has 4 atom stereocenters. The summed E-state index contributed by atoms with van der Waals surface area (Å²) in [4.78, 5) is 3.20. The molecule has 2 fully saturated rings. The van der Waals surface area contributed by atoms with E-state index in [1.54, 1.807) is 0 Å². The van der Waals surface area contributed by atoms with E-state index in [4.69, 9.17) is 197 Å². The quantitative estimate of drug-likeness (QED) is 0.220. The van der Waals surface area contributed by atoms with Gasteiger partial charge < -0.3 is 11.5 Å². The number of carbonyl (C=O) groups excluding carboxylic acids is 1. The van der Waals surface area contributed by atoms with Crippen LogP contribution in [0.2, 0.25) is 0 Å². The summed E-state index contributed by atoms with van der Waals surface area (Å²) in [7, 11) is 0. The molecule has 0 aromatic rings. The van der Waals surface area contributed by atoms with Crippen molar-refractivity contribution in [2.24, 2.45) is 11.5 Å². The lowest BCUT2D eigenvalue weighted by Gasteiger charge is -2.62. The average molecular weight is 775 g/mol. The molecule has 2 saturated carbocycles. The maximum atomic E-state index is 14.0. The van der Waals surface area contributed by atoms with Crippen molar-refractivity contribution in [2.45, 2.75) is 58.6 Å². The van der Waals surface area contributed by atoms with Gasteiger partial charge in [0, 0.05) is 12.8 Å². The zero-order chi connectivity index (χ0) is 26.0. The van der Waals surface area contributed by atoms with Crippen molar-refractivity contribution in [1.29, 1.82) is 0 Å². The number of hydrogen-bond acceptors (Lipinski definition) is 3. The number of carbonyl (C=O) groups is 1. The molecule has 2 aliphatic carbocycles. The Kier molecular flexibility index (Phi) is 8.73. The maximum absolute atomic E-state index is 14.0. The lowest BCUT2D eigenvalue weighted by atomic mass is 9.70. The maximum Gasteiger partial charge on any atom is 0.185 e. The summed E-state index contributed by atoms with van der Waals surface area (Å²) in [5.41, 5.74) is 12.0. The fourth-order valence-electron chi connectivity index (χ4n) is 3.32. The Hall–Kier alpha value is 4.23. The van der Waals surface area contributed by atoms with Crippen molar-refractivity contribution in [2.75, 3.05) is 0 Å². The monoisotopic (exact) mass is 768 g/mol. The summed E-state index contributed by atoms with van der Waals surface area (Å²) in [5.74, 6) is -1.39. The molecule has 2 aliphatic rings. The summed E-state index contributed by atoms with van der Waals surface area (Å²) in [6, 6.07) is 0. The summed E-state index contributed by atoms with van der Waals surface area (Å²) in [6.07, 6.45) is -1.78. The standard InChI is InChI=1S/C13H8Cl16N2O/c14-4(1-6(16,17)10(24,25)12(28,30)8(4,20)21)3(32)5(15)2-7(18,19)11(26,27)13(29,31)9(5,22)23/h1-2,30-31H2. The van der Waals surface area contributed by atoms with E-state index in [-0.39, 0.29) is 0 Å². The molecule has 0 aromatic heterocycles. The third-order valence-corrected chi connectivity index (χ3v) is 16.3. The number of hydrogen-bond donors (Lipinski definition) is 2.